The summed E-state index contributed by atoms with van der Waals surface area (Å²) in [7, 11) is 0. The first kappa shape index (κ1) is 19.2. The fourth-order valence-electron chi connectivity index (χ4n) is 6.13. The van der Waals surface area contributed by atoms with Gasteiger partial charge in [0.1, 0.15) is 22.3 Å². The van der Waals surface area contributed by atoms with Gasteiger partial charge in [0.2, 0.25) is 0 Å². The summed E-state index contributed by atoms with van der Waals surface area (Å²) >= 11 is 0. The second kappa shape index (κ2) is 11.4. The predicted octanol–water partition coefficient (Wildman–Crippen LogP) is 12.0. The molecule has 0 saturated carbocycles. The Morgan fingerprint density at radius 1 is 0.400 bits per heavy atom. The van der Waals surface area contributed by atoms with Gasteiger partial charge in [0.05, 0.1) is 20.6 Å². The van der Waals surface area contributed by atoms with Crippen molar-refractivity contribution < 1.29 is 23.9 Å². The normalized spacial score (nSPS) is 14.7. The third-order valence-electron chi connectivity index (χ3n) is 8.56. The van der Waals surface area contributed by atoms with E-state index >= 15 is 0 Å². The molecule has 0 N–H and O–H groups in total. The van der Waals surface area contributed by atoms with Crippen LogP contribution in [0.5, 0.6) is 0 Å². The highest BCUT2D eigenvalue weighted by atomic mass is 16.3. The van der Waals surface area contributed by atoms with Crippen LogP contribution in [-0.2, 0) is 0 Å². The first-order valence-electron chi connectivity index (χ1n) is 21.2. The maximum atomic E-state index is 9.33. The zero-order valence-electron chi connectivity index (χ0n) is 36.9. The van der Waals surface area contributed by atoms with E-state index in [0.29, 0.717) is 22.3 Å². The van der Waals surface area contributed by atoms with Gasteiger partial charge in [0.15, 0.2) is 17.5 Å². The summed E-state index contributed by atoms with van der Waals surface area (Å²) in [5.41, 5.74) is 2.77. The van der Waals surface area contributed by atoms with Crippen molar-refractivity contribution in [3.05, 3.63) is 164 Å². The lowest BCUT2D eigenvalue weighted by atomic mass is 10.0. The van der Waals surface area contributed by atoms with Crippen molar-refractivity contribution in [3.8, 4) is 56.4 Å². The number of hydrogen-bond donors (Lipinski definition) is 0. The molecule has 50 heavy (non-hydrogen) atoms. The number of rotatable bonds is 5. The third kappa shape index (κ3) is 4.75. The molecule has 0 amide bonds. The minimum atomic E-state index is -0.690. The van der Waals surface area contributed by atoms with Crippen molar-refractivity contribution in [1.82, 2.24) is 15.0 Å². The van der Waals surface area contributed by atoms with Crippen LogP contribution in [0.25, 0.3) is 100 Å². The number of hydrogen-bond acceptors (Lipinski definition) is 5. The van der Waals surface area contributed by atoms with Crippen LogP contribution in [0, 0.1) is 0 Å². The predicted molar refractivity (Wildman–Crippen MR) is 202 cm³/mol. The molecule has 5 nitrogen and oxygen atoms in total. The van der Waals surface area contributed by atoms with Crippen LogP contribution < -0.4 is 0 Å². The molecule has 0 spiro atoms. The van der Waals surface area contributed by atoms with Gasteiger partial charge in [-0.2, -0.15) is 0 Å². The highest BCUT2D eigenvalue weighted by Gasteiger charge is 2.19. The Labute approximate surface area is 302 Å². The zero-order valence-corrected chi connectivity index (χ0v) is 25.9. The van der Waals surface area contributed by atoms with Gasteiger partial charge < -0.3 is 8.83 Å². The van der Waals surface area contributed by atoms with E-state index in [1.54, 1.807) is 6.07 Å². The molecule has 0 aliphatic rings. The Morgan fingerprint density at radius 2 is 1.10 bits per heavy atom. The van der Waals surface area contributed by atoms with Crippen LogP contribution in [-0.4, -0.2) is 15.0 Å². The van der Waals surface area contributed by atoms with Crippen LogP contribution >= 0.6 is 0 Å². The molecule has 0 unspecified atom stereocenters. The SMILES string of the molecule is [2H]c1c([2H])c([2H])c(-c2c([2H])c([2H])c3oc4c(-c5nc(-c6ccc(-c7ccccc7)cc6)nc(-c6ccc7c(c6)oc6ccccc67)n5)c([2H])c([2H])c([2H])c4c3c2[2H])c([2H])c1[2H]. The van der Waals surface area contributed by atoms with E-state index in [9.17, 15) is 2.74 Å². The highest BCUT2D eigenvalue weighted by Crippen LogP contribution is 2.38. The molecule has 0 fully saturated rings. The molecular formula is C45H27N3O2. The summed E-state index contributed by atoms with van der Waals surface area (Å²) in [5.74, 6) is 0.266. The molecule has 3 heterocycles. The minimum Gasteiger partial charge on any atom is -0.456 e. The van der Waals surface area contributed by atoms with E-state index in [1.807, 2.05) is 91.0 Å². The summed E-state index contributed by atoms with van der Waals surface area (Å²) < 4.78 is 109. The molecule has 10 aromatic rings. The van der Waals surface area contributed by atoms with Crippen LogP contribution in [0.1, 0.15) is 15.1 Å². The lowest BCUT2D eigenvalue weighted by Crippen LogP contribution is -2.00. The van der Waals surface area contributed by atoms with Crippen molar-refractivity contribution in [2.24, 2.45) is 0 Å². The van der Waals surface area contributed by atoms with Crippen molar-refractivity contribution in [1.29, 1.82) is 0 Å². The van der Waals surface area contributed by atoms with Gasteiger partial charge in [-0.1, -0.05) is 127 Å². The highest BCUT2D eigenvalue weighted by molar-refractivity contribution is 6.10. The molecule has 7 aromatic carbocycles. The summed E-state index contributed by atoms with van der Waals surface area (Å²) in [4.78, 5) is 14.5. The number of para-hydroxylation sites is 2. The third-order valence-corrected chi connectivity index (χ3v) is 8.56. The first-order valence-corrected chi connectivity index (χ1v) is 15.7. The lowest BCUT2D eigenvalue weighted by molar-refractivity contribution is 0.668. The van der Waals surface area contributed by atoms with Crippen molar-refractivity contribution in [2.75, 3.05) is 0 Å². The maximum absolute atomic E-state index is 9.33. The molecule has 234 valence electrons. The second-order valence-electron chi connectivity index (χ2n) is 11.6. The standard InChI is InChI=1S/C45H27N3O2/c1-3-10-28(11-4-1)30-18-20-31(21-19-30)43-46-44(33-22-24-35-34-14-7-8-17-39(34)49-41(35)27-33)48-45(47-43)37-16-9-15-36-38-26-32(29-12-5-2-6-13-29)23-25-40(38)50-42(36)37/h1-27H/i2D,5D,6D,9D,12D,13D,15D,16D,23D,25D,26D. The quantitative estimate of drug-likeness (QED) is 0.185. The summed E-state index contributed by atoms with van der Waals surface area (Å²) in [5, 5.41) is 1.43. The van der Waals surface area contributed by atoms with Gasteiger partial charge in [0.25, 0.3) is 0 Å². The van der Waals surface area contributed by atoms with E-state index < -0.39 is 77.6 Å². The van der Waals surface area contributed by atoms with Crippen molar-refractivity contribution in [2.45, 2.75) is 0 Å². The number of nitrogens with zero attached hydrogens (tertiary/aromatic N) is 3. The summed E-state index contributed by atoms with van der Waals surface area (Å²) in [6, 6.07) is 23.8. The average Bonchev–Trinajstić information content (AvgIpc) is 3.87. The number of aromatic nitrogens is 3. The Kier molecular flexibility index (Phi) is 4.38. The van der Waals surface area contributed by atoms with Gasteiger partial charge in [-0.25, -0.2) is 15.0 Å². The molecular weight excluding hydrogens is 615 g/mol. The van der Waals surface area contributed by atoms with Gasteiger partial charge in [-0.05, 0) is 58.6 Å². The largest absolute Gasteiger partial charge is 0.456 e. The number of fused-ring (bicyclic) bond motifs is 6. The van der Waals surface area contributed by atoms with Crippen molar-refractivity contribution in [3.63, 3.8) is 0 Å². The molecule has 0 radical (unpaired) electrons. The zero-order chi connectivity index (χ0) is 42.6. The fraction of sp³-hybridized carbons (Fsp3) is 0. The lowest BCUT2D eigenvalue weighted by Gasteiger charge is -2.09. The summed E-state index contributed by atoms with van der Waals surface area (Å²) in [6.45, 7) is 0. The van der Waals surface area contributed by atoms with E-state index in [-0.39, 0.29) is 45.0 Å². The van der Waals surface area contributed by atoms with Gasteiger partial charge in [-0.15, -0.1) is 0 Å². The molecule has 0 aliphatic heterocycles. The molecule has 0 bridgehead atoms. The molecule has 5 heteroatoms. The van der Waals surface area contributed by atoms with Crippen LogP contribution in [0.3, 0.4) is 0 Å². The van der Waals surface area contributed by atoms with Gasteiger partial charge in [-0.3, -0.25) is 0 Å². The smallest absolute Gasteiger partial charge is 0.167 e. The molecule has 0 atom stereocenters. The maximum Gasteiger partial charge on any atom is 0.167 e. The van der Waals surface area contributed by atoms with Gasteiger partial charge in [0, 0.05) is 32.7 Å². The van der Waals surface area contributed by atoms with E-state index in [2.05, 4.69) is 0 Å². The summed E-state index contributed by atoms with van der Waals surface area (Å²) in [6.07, 6.45) is 0. The van der Waals surface area contributed by atoms with E-state index in [0.717, 1.165) is 21.9 Å². The second-order valence-corrected chi connectivity index (χ2v) is 11.6. The Balaban J connectivity index is 1.25. The topological polar surface area (TPSA) is 65.0 Å². The van der Waals surface area contributed by atoms with Crippen molar-refractivity contribution >= 4 is 43.9 Å². The molecule has 0 aliphatic carbocycles. The number of benzene rings is 7. The van der Waals surface area contributed by atoms with Crippen LogP contribution in [0.4, 0.5) is 0 Å². The van der Waals surface area contributed by atoms with Crippen LogP contribution in [0.2, 0.25) is 0 Å². The van der Waals surface area contributed by atoms with E-state index in [4.69, 9.17) is 36.1 Å². The monoisotopic (exact) mass is 652 g/mol. The van der Waals surface area contributed by atoms with Crippen LogP contribution in [0.15, 0.2) is 172 Å². The molecule has 0 saturated heterocycles. The Hall–Kier alpha value is -6.85. The molecule has 3 aromatic heterocycles. The minimum absolute atomic E-state index is 0.116. The number of furan rings is 2. The first-order chi connectivity index (χ1) is 29.3. The Bertz CT molecular complexity index is 3470. The molecule has 10 rings (SSSR count). The van der Waals surface area contributed by atoms with Gasteiger partial charge >= 0.3 is 0 Å². The Morgan fingerprint density at radius 3 is 1.96 bits per heavy atom. The van der Waals surface area contributed by atoms with E-state index in [1.165, 1.54) is 0 Å². The average molecular weight is 653 g/mol. The fourth-order valence-corrected chi connectivity index (χ4v) is 6.13.